The van der Waals surface area contributed by atoms with E-state index < -0.39 is 18.6 Å². The fraction of sp³-hybridized carbons (Fsp3) is 0.533. The van der Waals surface area contributed by atoms with Crippen LogP contribution in [0.3, 0.4) is 0 Å². The number of hydrogen-bond donors (Lipinski definition) is 1. The lowest BCUT2D eigenvalue weighted by atomic mass is 10.1. The maximum Gasteiger partial charge on any atom is 0.406 e. The molecular weight excluding hydrogens is 317 g/mol. The molecule has 1 N–H and O–H groups in total. The van der Waals surface area contributed by atoms with E-state index in [9.17, 15) is 18.0 Å². The highest BCUT2D eigenvalue weighted by molar-refractivity contribution is 5.85. The van der Waals surface area contributed by atoms with Gasteiger partial charge in [0.15, 0.2) is 0 Å². The Hall–Kier alpha value is -1.27. The second-order valence-electron chi connectivity index (χ2n) is 5.02. The van der Waals surface area contributed by atoms with Crippen LogP contribution in [0, 0.1) is 6.92 Å². The summed E-state index contributed by atoms with van der Waals surface area (Å²) in [5.41, 5.74) is 2.02. The molecule has 0 saturated carbocycles. The first kappa shape index (κ1) is 20.7. The summed E-state index contributed by atoms with van der Waals surface area (Å²) in [6.07, 6.45) is -3.88. The Kier molecular flexibility index (Phi) is 9.13. The first-order chi connectivity index (χ1) is 9.81. The molecule has 7 heteroatoms. The Morgan fingerprint density at radius 2 is 1.82 bits per heavy atom. The lowest BCUT2D eigenvalue weighted by Crippen LogP contribution is -2.41. The van der Waals surface area contributed by atoms with Crippen LogP contribution in [-0.4, -0.2) is 43.7 Å². The molecule has 0 aliphatic rings. The van der Waals surface area contributed by atoms with Crippen molar-refractivity contribution in [3.63, 3.8) is 0 Å². The number of hydrogen-bond acceptors (Lipinski definition) is 2. The van der Waals surface area contributed by atoms with Crippen LogP contribution in [0.15, 0.2) is 24.3 Å². The number of carbonyl (C=O) groups excluding carboxylic acids is 1. The van der Waals surface area contributed by atoms with Gasteiger partial charge in [0.05, 0.1) is 0 Å². The van der Waals surface area contributed by atoms with E-state index in [4.69, 9.17) is 0 Å². The van der Waals surface area contributed by atoms with Crippen LogP contribution in [-0.2, 0) is 11.2 Å². The lowest BCUT2D eigenvalue weighted by molar-refractivity contribution is -0.161. The third-order valence-corrected chi connectivity index (χ3v) is 3.10. The van der Waals surface area contributed by atoms with E-state index >= 15 is 0 Å². The quantitative estimate of drug-likeness (QED) is 0.829. The van der Waals surface area contributed by atoms with E-state index in [0.717, 1.165) is 16.0 Å². The van der Waals surface area contributed by atoms with Crippen LogP contribution < -0.4 is 5.32 Å². The number of nitrogens with one attached hydrogen (secondary N) is 1. The Morgan fingerprint density at radius 3 is 2.32 bits per heavy atom. The van der Waals surface area contributed by atoms with E-state index in [-0.39, 0.29) is 25.4 Å². The highest BCUT2D eigenvalue weighted by Crippen LogP contribution is 2.17. The van der Waals surface area contributed by atoms with Crippen molar-refractivity contribution in [1.29, 1.82) is 0 Å². The average molecular weight is 339 g/mol. The predicted molar refractivity (Wildman–Crippen MR) is 83.3 cm³/mol. The minimum atomic E-state index is -4.37. The van der Waals surface area contributed by atoms with Crippen molar-refractivity contribution >= 4 is 18.3 Å². The molecule has 0 radical (unpaired) electrons. The molecule has 0 fully saturated rings. The molecule has 1 amide bonds. The maximum absolute atomic E-state index is 12.6. The van der Waals surface area contributed by atoms with Crippen LogP contribution in [0.25, 0.3) is 0 Å². The van der Waals surface area contributed by atoms with Gasteiger partial charge >= 0.3 is 6.18 Å². The molecule has 0 atom stereocenters. The molecule has 1 aromatic carbocycles. The zero-order chi connectivity index (χ0) is 15.9. The summed E-state index contributed by atoms with van der Waals surface area (Å²) in [4.78, 5) is 12.7. The zero-order valence-corrected chi connectivity index (χ0v) is 13.6. The highest BCUT2D eigenvalue weighted by Gasteiger charge is 2.32. The van der Waals surface area contributed by atoms with E-state index in [2.05, 4.69) is 5.32 Å². The van der Waals surface area contributed by atoms with Crippen LogP contribution in [0.2, 0.25) is 0 Å². The van der Waals surface area contributed by atoms with Crippen molar-refractivity contribution in [3.8, 4) is 0 Å². The second-order valence-corrected chi connectivity index (χ2v) is 5.02. The summed E-state index contributed by atoms with van der Waals surface area (Å²) in [6, 6.07) is 7.57. The maximum atomic E-state index is 12.6. The van der Waals surface area contributed by atoms with E-state index in [0.29, 0.717) is 13.0 Å². The van der Waals surface area contributed by atoms with Crippen molar-refractivity contribution in [2.24, 2.45) is 0 Å². The minimum absolute atomic E-state index is 0. The highest BCUT2D eigenvalue weighted by atomic mass is 35.5. The molecule has 0 spiro atoms. The molecule has 0 aliphatic heterocycles. The van der Waals surface area contributed by atoms with Gasteiger partial charge in [0.1, 0.15) is 6.54 Å². The molecule has 0 heterocycles. The van der Waals surface area contributed by atoms with Gasteiger partial charge in [0, 0.05) is 19.5 Å². The smallest absolute Gasteiger partial charge is 0.333 e. The van der Waals surface area contributed by atoms with Gasteiger partial charge in [-0.25, -0.2) is 0 Å². The first-order valence-electron chi connectivity index (χ1n) is 6.86. The van der Waals surface area contributed by atoms with Gasteiger partial charge in [-0.3, -0.25) is 4.79 Å². The fourth-order valence-electron chi connectivity index (χ4n) is 1.92. The van der Waals surface area contributed by atoms with Crippen molar-refractivity contribution in [2.45, 2.75) is 25.9 Å². The molecule has 0 bridgehead atoms. The number of rotatable bonds is 7. The largest absolute Gasteiger partial charge is 0.406 e. The number of aryl methyl sites for hydroxylation is 1. The van der Waals surface area contributed by atoms with Crippen molar-refractivity contribution in [3.05, 3.63) is 35.4 Å². The fourth-order valence-corrected chi connectivity index (χ4v) is 1.92. The van der Waals surface area contributed by atoms with Crippen LogP contribution in [0.4, 0.5) is 13.2 Å². The number of halogens is 4. The SMILES string of the molecule is CNCCC(=O)N(CCc1ccc(C)cc1)CC(F)(F)F.Cl. The summed E-state index contributed by atoms with van der Waals surface area (Å²) < 4.78 is 37.7. The number of amides is 1. The van der Waals surface area contributed by atoms with Crippen molar-refractivity contribution in [1.82, 2.24) is 10.2 Å². The van der Waals surface area contributed by atoms with Crippen LogP contribution >= 0.6 is 12.4 Å². The Bertz CT molecular complexity index is 449. The molecule has 0 unspecified atom stereocenters. The van der Waals surface area contributed by atoms with Gasteiger partial charge in [0.2, 0.25) is 5.91 Å². The van der Waals surface area contributed by atoms with E-state index in [1.165, 1.54) is 0 Å². The minimum Gasteiger partial charge on any atom is -0.333 e. The summed E-state index contributed by atoms with van der Waals surface area (Å²) in [5, 5.41) is 2.77. The van der Waals surface area contributed by atoms with Crippen molar-refractivity contribution < 1.29 is 18.0 Å². The van der Waals surface area contributed by atoms with Gasteiger partial charge in [-0.2, -0.15) is 13.2 Å². The first-order valence-corrected chi connectivity index (χ1v) is 6.86. The molecule has 3 nitrogen and oxygen atoms in total. The van der Waals surface area contributed by atoms with Gasteiger partial charge in [-0.15, -0.1) is 12.4 Å². The lowest BCUT2D eigenvalue weighted by Gasteiger charge is -2.24. The number of benzene rings is 1. The van der Waals surface area contributed by atoms with Crippen LogP contribution in [0.5, 0.6) is 0 Å². The molecule has 126 valence electrons. The van der Waals surface area contributed by atoms with E-state index in [1.54, 1.807) is 7.05 Å². The van der Waals surface area contributed by atoms with Gasteiger partial charge in [-0.05, 0) is 26.0 Å². The van der Waals surface area contributed by atoms with Gasteiger partial charge < -0.3 is 10.2 Å². The standard InChI is InChI=1S/C15H21F3N2O.ClH/c1-12-3-5-13(6-4-12)8-10-20(11-15(16,17)18)14(21)7-9-19-2;/h3-6,19H,7-11H2,1-2H3;1H. The zero-order valence-electron chi connectivity index (χ0n) is 12.7. The number of carbonyl (C=O) groups is 1. The summed E-state index contributed by atoms with van der Waals surface area (Å²) in [7, 11) is 1.66. The van der Waals surface area contributed by atoms with Gasteiger partial charge in [0.25, 0.3) is 0 Å². The van der Waals surface area contributed by atoms with E-state index in [1.807, 2.05) is 31.2 Å². The monoisotopic (exact) mass is 338 g/mol. The summed E-state index contributed by atoms with van der Waals surface area (Å²) in [6.45, 7) is 1.20. The molecular formula is C15H22ClF3N2O. The third kappa shape index (κ3) is 8.24. The molecule has 0 aromatic heterocycles. The third-order valence-electron chi connectivity index (χ3n) is 3.10. The molecule has 0 aliphatic carbocycles. The molecule has 1 aromatic rings. The predicted octanol–water partition coefficient (Wildman–Crippen LogP) is 2.96. The number of nitrogens with zero attached hydrogens (tertiary/aromatic N) is 1. The summed E-state index contributed by atoms with van der Waals surface area (Å²) in [5.74, 6) is -0.478. The Balaban J connectivity index is 0.00000441. The topological polar surface area (TPSA) is 32.3 Å². The molecule has 1 rings (SSSR count). The average Bonchev–Trinajstić information content (AvgIpc) is 2.41. The Morgan fingerprint density at radius 1 is 1.23 bits per heavy atom. The van der Waals surface area contributed by atoms with Crippen molar-refractivity contribution in [2.75, 3.05) is 26.7 Å². The Labute approximate surface area is 135 Å². The van der Waals surface area contributed by atoms with Crippen LogP contribution in [0.1, 0.15) is 17.5 Å². The second kappa shape index (κ2) is 9.69. The van der Waals surface area contributed by atoms with Gasteiger partial charge in [-0.1, -0.05) is 29.8 Å². The molecule has 0 saturated heterocycles. The normalized spacial score (nSPS) is 11.0. The molecule has 22 heavy (non-hydrogen) atoms. The number of alkyl halides is 3. The summed E-state index contributed by atoms with van der Waals surface area (Å²) >= 11 is 0.